The van der Waals surface area contributed by atoms with Crippen molar-refractivity contribution < 1.29 is 14.6 Å². The fourth-order valence-electron chi connectivity index (χ4n) is 0.883. The molecule has 0 atom stereocenters. The second-order valence-electron chi connectivity index (χ2n) is 2.46. The Morgan fingerprint density at radius 1 is 1.73 bits per heavy atom. The second-order valence-corrected chi connectivity index (χ2v) is 2.46. The van der Waals surface area contributed by atoms with Crippen molar-refractivity contribution in [3.8, 4) is 0 Å². The summed E-state index contributed by atoms with van der Waals surface area (Å²) in [5.74, 6) is 0.233. The molecule has 0 unspecified atom stereocenters. The van der Waals surface area contributed by atoms with Crippen molar-refractivity contribution in [2.45, 2.75) is 20.3 Å². The average Bonchev–Trinajstić information content (AvgIpc) is 1.85. The summed E-state index contributed by atoms with van der Waals surface area (Å²) in [6, 6.07) is 0. The third kappa shape index (κ3) is 1.61. The molecule has 0 aliphatic carbocycles. The summed E-state index contributed by atoms with van der Waals surface area (Å²) in [5, 5.41) is 9.11. The van der Waals surface area contributed by atoms with E-state index in [2.05, 4.69) is 0 Å². The Labute approximate surface area is 65.0 Å². The molecule has 1 rings (SSSR count). The number of hydrogen-bond donors (Lipinski definition) is 1. The van der Waals surface area contributed by atoms with Gasteiger partial charge in [-0.1, -0.05) is 0 Å². The lowest BCUT2D eigenvalue weighted by Gasteiger charge is -2.12. The Balaban J connectivity index is 2.83. The first-order chi connectivity index (χ1) is 5.11. The zero-order valence-corrected chi connectivity index (χ0v) is 6.55. The highest BCUT2D eigenvalue weighted by molar-refractivity contribution is 5.93. The molecule has 3 nitrogen and oxygen atoms in total. The highest BCUT2D eigenvalue weighted by Gasteiger charge is 2.15. The van der Waals surface area contributed by atoms with Crippen LogP contribution in [0.4, 0.5) is 0 Å². The number of ether oxygens (including phenoxy) is 1. The molecule has 1 aliphatic heterocycles. The van der Waals surface area contributed by atoms with Crippen LogP contribution in [-0.4, -0.2) is 10.9 Å². The highest BCUT2D eigenvalue weighted by atomic mass is 16.6. The van der Waals surface area contributed by atoms with Crippen molar-refractivity contribution in [2.75, 3.05) is 0 Å². The molecule has 11 heavy (non-hydrogen) atoms. The van der Waals surface area contributed by atoms with Crippen LogP contribution in [0.15, 0.2) is 23.4 Å². The molecular weight excluding hydrogens is 144 g/mol. The topological polar surface area (TPSA) is 46.5 Å². The van der Waals surface area contributed by atoms with E-state index in [4.69, 9.17) is 9.84 Å². The molecule has 0 saturated heterocycles. The molecule has 0 saturated carbocycles. The quantitative estimate of drug-likeness (QED) is 0.624. The van der Waals surface area contributed by atoms with Gasteiger partial charge >= 0.3 is 0 Å². The van der Waals surface area contributed by atoms with Gasteiger partial charge in [-0.15, -0.1) is 0 Å². The van der Waals surface area contributed by atoms with Crippen LogP contribution in [0.1, 0.15) is 20.3 Å². The number of rotatable bonds is 1. The van der Waals surface area contributed by atoms with Gasteiger partial charge in [-0.25, -0.2) is 0 Å². The third-order valence-corrected chi connectivity index (χ3v) is 1.53. The van der Waals surface area contributed by atoms with E-state index in [0.29, 0.717) is 17.8 Å². The summed E-state index contributed by atoms with van der Waals surface area (Å²) in [4.78, 5) is 10.8. The Bertz CT molecular complexity index is 248. The lowest BCUT2D eigenvalue weighted by Crippen LogP contribution is -2.07. The van der Waals surface area contributed by atoms with Crippen molar-refractivity contribution in [2.24, 2.45) is 0 Å². The molecule has 0 radical (unpaired) electrons. The molecule has 0 aromatic carbocycles. The minimum absolute atomic E-state index is 0.147. The summed E-state index contributed by atoms with van der Waals surface area (Å²) in [6.07, 6.45) is 2.23. The molecule has 0 amide bonds. The smallest absolute Gasteiger partial charge is 0.289 e. The minimum atomic E-state index is -0.252. The summed E-state index contributed by atoms with van der Waals surface area (Å²) >= 11 is 0. The van der Waals surface area contributed by atoms with Crippen LogP contribution in [0.2, 0.25) is 0 Å². The molecular formula is C8H10O3. The first-order valence-electron chi connectivity index (χ1n) is 3.39. The van der Waals surface area contributed by atoms with E-state index in [1.54, 1.807) is 13.0 Å². The van der Waals surface area contributed by atoms with E-state index >= 15 is 0 Å². The van der Waals surface area contributed by atoms with E-state index < -0.39 is 0 Å². The Hall–Kier alpha value is -1.25. The van der Waals surface area contributed by atoms with Crippen LogP contribution >= 0.6 is 0 Å². The molecule has 0 fully saturated rings. The van der Waals surface area contributed by atoms with Crippen LogP contribution in [0.5, 0.6) is 0 Å². The Morgan fingerprint density at radius 2 is 2.36 bits per heavy atom. The van der Waals surface area contributed by atoms with Crippen molar-refractivity contribution in [1.82, 2.24) is 0 Å². The molecule has 60 valence electrons. The van der Waals surface area contributed by atoms with Gasteiger partial charge in [0, 0.05) is 6.42 Å². The summed E-state index contributed by atoms with van der Waals surface area (Å²) < 4.78 is 4.84. The molecule has 0 bridgehead atoms. The number of carbonyl (C=O) groups is 1. The van der Waals surface area contributed by atoms with Gasteiger partial charge < -0.3 is 9.84 Å². The maximum atomic E-state index is 10.8. The van der Waals surface area contributed by atoms with E-state index in [1.807, 2.05) is 0 Å². The SMILES string of the molecule is CC(=O)C1=C(O)OC(C)=CC1. The molecule has 1 N–H and O–H groups in total. The first-order valence-corrected chi connectivity index (χ1v) is 3.39. The largest absolute Gasteiger partial charge is 0.480 e. The van der Waals surface area contributed by atoms with Crippen molar-refractivity contribution in [3.05, 3.63) is 23.4 Å². The molecule has 3 heteroatoms. The second kappa shape index (κ2) is 2.78. The van der Waals surface area contributed by atoms with Crippen LogP contribution in [-0.2, 0) is 9.53 Å². The number of hydrogen-bond acceptors (Lipinski definition) is 3. The van der Waals surface area contributed by atoms with E-state index in [0.717, 1.165) is 0 Å². The van der Waals surface area contributed by atoms with Crippen molar-refractivity contribution >= 4 is 5.78 Å². The van der Waals surface area contributed by atoms with E-state index in [1.165, 1.54) is 6.92 Å². The zero-order chi connectivity index (χ0) is 8.43. The number of carbonyl (C=O) groups excluding carboxylic acids is 1. The maximum absolute atomic E-state index is 10.8. The highest BCUT2D eigenvalue weighted by Crippen LogP contribution is 2.19. The average molecular weight is 154 g/mol. The van der Waals surface area contributed by atoms with Crippen LogP contribution in [0.3, 0.4) is 0 Å². The molecule has 0 aromatic heterocycles. The number of allylic oxidation sites excluding steroid dienone is 3. The molecule has 0 aromatic rings. The van der Waals surface area contributed by atoms with Gasteiger partial charge in [0.1, 0.15) is 5.76 Å². The maximum Gasteiger partial charge on any atom is 0.289 e. The number of ketones is 1. The monoisotopic (exact) mass is 154 g/mol. The molecule has 1 aliphatic rings. The van der Waals surface area contributed by atoms with Gasteiger partial charge in [-0.2, -0.15) is 0 Å². The Morgan fingerprint density at radius 3 is 2.82 bits per heavy atom. The fraction of sp³-hybridized carbons (Fsp3) is 0.375. The molecule has 0 spiro atoms. The van der Waals surface area contributed by atoms with Gasteiger partial charge in [0.15, 0.2) is 5.78 Å². The molecule has 1 heterocycles. The van der Waals surface area contributed by atoms with Crippen molar-refractivity contribution in [1.29, 1.82) is 0 Å². The summed E-state index contributed by atoms with van der Waals surface area (Å²) in [6.45, 7) is 3.14. The first kappa shape index (κ1) is 7.85. The summed E-state index contributed by atoms with van der Waals surface area (Å²) in [7, 11) is 0. The Kier molecular flexibility index (Phi) is 1.98. The normalized spacial score (nSPS) is 17.5. The van der Waals surface area contributed by atoms with Gasteiger partial charge in [0.25, 0.3) is 5.95 Å². The fourth-order valence-corrected chi connectivity index (χ4v) is 0.883. The third-order valence-electron chi connectivity index (χ3n) is 1.53. The predicted octanol–water partition coefficient (Wildman–Crippen LogP) is 1.67. The van der Waals surface area contributed by atoms with Gasteiger partial charge in [-0.3, -0.25) is 4.79 Å². The predicted molar refractivity (Wildman–Crippen MR) is 39.8 cm³/mol. The lowest BCUT2D eigenvalue weighted by atomic mass is 10.1. The van der Waals surface area contributed by atoms with Gasteiger partial charge in [0.2, 0.25) is 0 Å². The van der Waals surface area contributed by atoms with E-state index in [9.17, 15) is 4.79 Å². The number of aliphatic hydroxyl groups excluding tert-OH is 1. The van der Waals surface area contributed by atoms with E-state index in [-0.39, 0.29) is 11.7 Å². The van der Waals surface area contributed by atoms with Crippen LogP contribution < -0.4 is 0 Å². The van der Waals surface area contributed by atoms with Gasteiger partial charge in [0.05, 0.1) is 5.57 Å². The minimum Gasteiger partial charge on any atom is -0.480 e. The zero-order valence-electron chi connectivity index (χ0n) is 6.55. The van der Waals surface area contributed by atoms with Crippen molar-refractivity contribution in [3.63, 3.8) is 0 Å². The lowest BCUT2D eigenvalue weighted by molar-refractivity contribution is -0.114. The number of aliphatic hydroxyl groups is 1. The van der Waals surface area contributed by atoms with Crippen LogP contribution in [0.25, 0.3) is 0 Å². The standard InChI is InChI=1S/C8H10O3/c1-5-3-4-7(6(2)9)8(10)11-5/h3,10H,4H2,1-2H3. The summed E-state index contributed by atoms with van der Waals surface area (Å²) in [5.41, 5.74) is 0.343. The van der Waals surface area contributed by atoms with Crippen LogP contribution in [0, 0.1) is 0 Å². The van der Waals surface area contributed by atoms with Gasteiger partial charge in [-0.05, 0) is 19.9 Å². The number of Topliss-reactive ketones (excluding diaryl/α,β-unsaturated/α-hetero) is 1.